The van der Waals surface area contributed by atoms with Crippen LogP contribution < -0.4 is 0 Å². The average Bonchev–Trinajstić information content (AvgIpc) is 2.17. The third kappa shape index (κ3) is 3.89. The molecule has 1 fully saturated rings. The van der Waals surface area contributed by atoms with Crippen LogP contribution in [-0.2, 0) is 4.79 Å². The molecule has 1 rings (SSSR count). The molecular formula is C14H27NO. The Morgan fingerprint density at radius 3 is 2.12 bits per heavy atom. The molecule has 2 heteroatoms. The number of hydrogen-bond donors (Lipinski definition) is 0. The summed E-state index contributed by atoms with van der Waals surface area (Å²) in [4.78, 5) is 14.4. The lowest BCUT2D eigenvalue weighted by Crippen LogP contribution is -2.39. The summed E-state index contributed by atoms with van der Waals surface area (Å²) in [5.74, 6) is 1.05. The minimum Gasteiger partial charge on any atom is -0.301 e. The molecule has 2 nitrogen and oxygen atoms in total. The fourth-order valence-corrected chi connectivity index (χ4v) is 2.24. The van der Waals surface area contributed by atoms with E-state index in [1.54, 1.807) is 0 Å². The highest BCUT2D eigenvalue weighted by atomic mass is 16.1. The number of likely N-dealkylation sites (tertiary alicyclic amines) is 1. The first-order valence-corrected chi connectivity index (χ1v) is 6.58. The fraction of sp³-hybridized carbons (Fsp3) is 0.929. The van der Waals surface area contributed by atoms with E-state index in [9.17, 15) is 4.79 Å². The van der Waals surface area contributed by atoms with E-state index in [0.717, 1.165) is 6.42 Å². The van der Waals surface area contributed by atoms with Crippen molar-refractivity contribution in [2.24, 2.45) is 11.3 Å². The highest BCUT2D eigenvalue weighted by Gasteiger charge is 2.27. The largest absolute Gasteiger partial charge is 0.301 e. The van der Waals surface area contributed by atoms with Gasteiger partial charge in [-0.2, -0.15) is 0 Å². The smallest absolute Gasteiger partial charge is 0.138 e. The van der Waals surface area contributed by atoms with E-state index >= 15 is 0 Å². The molecule has 0 aromatic rings. The van der Waals surface area contributed by atoms with Crippen LogP contribution in [-0.4, -0.2) is 29.8 Å². The van der Waals surface area contributed by atoms with Crippen molar-refractivity contribution in [3.8, 4) is 0 Å². The summed E-state index contributed by atoms with van der Waals surface area (Å²) < 4.78 is 0. The van der Waals surface area contributed by atoms with Crippen LogP contribution in [0.4, 0.5) is 0 Å². The molecule has 94 valence electrons. The van der Waals surface area contributed by atoms with Gasteiger partial charge in [-0.1, -0.05) is 20.8 Å². The van der Waals surface area contributed by atoms with Gasteiger partial charge in [0.05, 0.1) is 0 Å². The Kier molecular flexibility index (Phi) is 4.54. The zero-order chi connectivity index (χ0) is 12.3. The van der Waals surface area contributed by atoms with Crippen LogP contribution in [0.15, 0.2) is 0 Å². The lowest BCUT2D eigenvalue weighted by molar-refractivity contribution is -0.127. The first-order chi connectivity index (χ1) is 7.30. The van der Waals surface area contributed by atoms with Crippen molar-refractivity contribution in [2.45, 2.75) is 59.9 Å². The van der Waals surface area contributed by atoms with E-state index in [-0.39, 0.29) is 5.41 Å². The van der Waals surface area contributed by atoms with Gasteiger partial charge < -0.3 is 4.90 Å². The van der Waals surface area contributed by atoms with Gasteiger partial charge in [0.15, 0.2) is 0 Å². The quantitative estimate of drug-likeness (QED) is 0.735. The van der Waals surface area contributed by atoms with Gasteiger partial charge in [0.1, 0.15) is 5.78 Å². The van der Waals surface area contributed by atoms with Gasteiger partial charge in [0.2, 0.25) is 0 Å². The first-order valence-electron chi connectivity index (χ1n) is 6.58. The molecule has 1 aliphatic rings. The molecule has 0 N–H and O–H groups in total. The maximum atomic E-state index is 11.9. The van der Waals surface area contributed by atoms with Gasteiger partial charge in [-0.05, 0) is 45.7 Å². The molecule has 1 saturated heterocycles. The Labute approximate surface area is 100 Å². The Bertz CT molecular complexity index is 232. The van der Waals surface area contributed by atoms with Crippen LogP contribution in [0.5, 0.6) is 0 Å². The number of carbonyl (C=O) groups excluding carboxylic acids is 1. The van der Waals surface area contributed by atoms with Crippen molar-refractivity contribution in [1.29, 1.82) is 0 Å². The van der Waals surface area contributed by atoms with Crippen molar-refractivity contribution in [3.05, 3.63) is 0 Å². The SMILES string of the molecule is CC(C)N1CCC(CC(=O)C(C)(C)C)CC1. The third-order valence-corrected chi connectivity index (χ3v) is 3.69. The van der Waals surface area contributed by atoms with E-state index in [1.165, 1.54) is 25.9 Å². The topological polar surface area (TPSA) is 20.3 Å². The molecular weight excluding hydrogens is 198 g/mol. The molecule has 16 heavy (non-hydrogen) atoms. The molecule has 0 amide bonds. The van der Waals surface area contributed by atoms with Gasteiger partial charge in [0, 0.05) is 17.9 Å². The molecule has 0 atom stereocenters. The standard InChI is InChI=1S/C14H27NO/c1-11(2)15-8-6-12(7-9-15)10-13(16)14(3,4)5/h11-12H,6-10H2,1-5H3. The molecule has 1 heterocycles. The van der Waals surface area contributed by atoms with Crippen LogP contribution >= 0.6 is 0 Å². The molecule has 0 aromatic carbocycles. The van der Waals surface area contributed by atoms with Gasteiger partial charge in [-0.3, -0.25) is 4.79 Å². The van der Waals surface area contributed by atoms with Crippen molar-refractivity contribution < 1.29 is 4.79 Å². The minimum absolute atomic E-state index is 0.158. The summed E-state index contributed by atoms with van der Waals surface area (Å²) in [6.45, 7) is 12.9. The van der Waals surface area contributed by atoms with Crippen molar-refractivity contribution in [2.75, 3.05) is 13.1 Å². The molecule has 1 aliphatic heterocycles. The van der Waals surface area contributed by atoms with Gasteiger partial charge in [-0.15, -0.1) is 0 Å². The second kappa shape index (κ2) is 5.31. The molecule has 0 bridgehead atoms. The Balaban J connectivity index is 2.35. The number of piperidine rings is 1. The maximum Gasteiger partial charge on any atom is 0.138 e. The van der Waals surface area contributed by atoms with E-state index in [0.29, 0.717) is 17.7 Å². The van der Waals surface area contributed by atoms with Crippen LogP contribution in [0.25, 0.3) is 0 Å². The van der Waals surface area contributed by atoms with Crippen LogP contribution in [0.2, 0.25) is 0 Å². The first kappa shape index (κ1) is 13.7. The van der Waals surface area contributed by atoms with E-state index in [1.807, 2.05) is 20.8 Å². The third-order valence-electron chi connectivity index (χ3n) is 3.69. The van der Waals surface area contributed by atoms with Gasteiger partial charge in [-0.25, -0.2) is 0 Å². The molecule has 0 spiro atoms. The molecule has 0 unspecified atom stereocenters. The van der Waals surface area contributed by atoms with Gasteiger partial charge >= 0.3 is 0 Å². The summed E-state index contributed by atoms with van der Waals surface area (Å²) >= 11 is 0. The van der Waals surface area contributed by atoms with Crippen LogP contribution in [0.1, 0.15) is 53.9 Å². The van der Waals surface area contributed by atoms with Crippen molar-refractivity contribution in [1.82, 2.24) is 4.90 Å². The maximum absolute atomic E-state index is 11.9. The van der Waals surface area contributed by atoms with Crippen LogP contribution in [0.3, 0.4) is 0 Å². The van der Waals surface area contributed by atoms with Crippen molar-refractivity contribution >= 4 is 5.78 Å². The number of Topliss-reactive ketones (excluding diaryl/α,β-unsaturated/α-hetero) is 1. The number of ketones is 1. The number of nitrogens with zero attached hydrogens (tertiary/aromatic N) is 1. The number of hydrogen-bond acceptors (Lipinski definition) is 2. The van der Waals surface area contributed by atoms with Crippen molar-refractivity contribution in [3.63, 3.8) is 0 Å². The predicted octanol–water partition coefficient (Wildman–Crippen LogP) is 3.11. The minimum atomic E-state index is -0.158. The predicted molar refractivity (Wildman–Crippen MR) is 68.5 cm³/mol. The number of rotatable bonds is 3. The lowest BCUT2D eigenvalue weighted by atomic mass is 9.82. The zero-order valence-electron chi connectivity index (χ0n) is 11.5. The summed E-state index contributed by atoms with van der Waals surface area (Å²) in [5.41, 5.74) is -0.158. The molecule has 0 aromatic heterocycles. The summed E-state index contributed by atoms with van der Waals surface area (Å²) in [5, 5.41) is 0. The monoisotopic (exact) mass is 225 g/mol. The molecule has 0 radical (unpaired) electrons. The highest BCUT2D eigenvalue weighted by Crippen LogP contribution is 2.26. The fourth-order valence-electron chi connectivity index (χ4n) is 2.24. The zero-order valence-corrected chi connectivity index (χ0v) is 11.5. The molecule has 0 aliphatic carbocycles. The normalized spacial score (nSPS) is 20.4. The average molecular weight is 225 g/mol. The second-order valence-corrected chi connectivity index (χ2v) is 6.45. The Morgan fingerprint density at radius 2 is 1.75 bits per heavy atom. The lowest BCUT2D eigenvalue weighted by Gasteiger charge is -2.35. The summed E-state index contributed by atoms with van der Waals surface area (Å²) in [6, 6.07) is 0.652. The van der Waals surface area contributed by atoms with E-state index in [4.69, 9.17) is 0 Å². The summed E-state index contributed by atoms with van der Waals surface area (Å²) in [6.07, 6.45) is 3.18. The van der Waals surface area contributed by atoms with E-state index in [2.05, 4.69) is 18.7 Å². The van der Waals surface area contributed by atoms with Gasteiger partial charge in [0.25, 0.3) is 0 Å². The Hall–Kier alpha value is -0.370. The highest BCUT2D eigenvalue weighted by molar-refractivity contribution is 5.83. The molecule has 0 saturated carbocycles. The van der Waals surface area contributed by atoms with E-state index < -0.39 is 0 Å². The summed E-state index contributed by atoms with van der Waals surface area (Å²) in [7, 11) is 0. The Morgan fingerprint density at radius 1 is 1.25 bits per heavy atom. The second-order valence-electron chi connectivity index (χ2n) is 6.45. The van der Waals surface area contributed by atoms with Crippen LogP contribution in [0, 0.1) is 11.3 Å². The number of carbonyl (C=O) groups is 1.